The molecule has 0 amide bonds. The van der Waals surface area contributed by atoms with Gasteiger partial charge in [0.15, 0.2) is 0 Å². The van der Waals surface area contributed by atoms with Gasteiger partial charge in [-0.15, -0.1) is 0 Å². The SMILES string of the molecule is COc1ccc(S(=O)(=O)N(C)CC2(c3c[nH]c4ccccc34)CC2)c(C)c1. The number of aryl methyl sites for hydroxylation is 1. The number of para-hydroxylation sites is 1. The van der Waals surface area contributed by atoms with Gasteiger partial charge in [-0.3, -0.25) is 0 Å². The van der Waals surface area contributed by atoms with Crippen molar-refractivity contribution < 1.29 is 13.2 Å². The first kappa shape index (κ1) is 18.1. The second-order valence-corrected chi connectivity index (χ2v) is 9.43. The lowest BCUT2D eigenvalue weighted by molar-refractivity contribution is 0.413. The molecule has 0 bridgehead atoms. The first-order valence-corrected chi connectivity index (χ1v) is 10.5. The molecule has 6 heteroatoms. The lowest BCUT2D eigenvalue weighted by atomic mass is 9.95. The standard InChI is InChI=1S/C21H24N2O3S/c1-15-12-16(26-3)8-9-20(15)27(24,25)23(2)14-21(10-11-21)18-13-22-19-7-5-4-6-17(18)19/h4-9,12-13,22H,10-11,14H2,1-3H3. The molecular formula is C21H24N2O3S. The van der Waals surface area contributed by atoms with Crippen LogP contribution in [0.4, 0.5) is 0 Å². The van der Waals surface area contributed by atoms with E-state index in [-0.39, 0.29) is 5.41 Å². The van der Waals surface area contributed by atoms with Gasteiger partial charge in [-0.1, -0.05) is 18.2 Å². The molecule has 3 aromatic rings. The van der Waals surface area contributed by atoms with Crippen LogP contribution in [0.3, 0.4) is 0 Å². The fraction of sp³-hybridized carbons (Fsp3) is 0.333. The molecule has 4 rings (SSSR count). The number of aromatic amines is 1. The number of methoxy groups -OCH3 is 1. The Morgan fingerprint density at radius 3 is 2.59 bits per heavy atom. The fourth-order valence-corrected chi connectivity index (χ4v) is 5.35. The molecule has 1 saturated carbocycles. The summed E-state index contributed by atoms with van der Waals surface area (Å²) in [5, 5.41) is 1.18. The van der Waals surface area contributed by atoms with Gasteiger partial charge in [0.1, 0.15) is 5.75 Å². The molecule has 5 nitrogen and oxygen atoms in total. The summed E-state index contributed by atoms with van der Waals surface area (Å²) in [7, 11) is -0.314. The minimum Gasteiger partial charge on any atom is -0.497 e. The summed E-state index contributed by atoms with van der Waals surface area (Å²) < 4.78 is 33.0. The van der Waals surface area contributed by atoms with Gasteiger partial charge >= 0.3 is 0 Å². The van der Waals surface area contributed by atoms with Gasteiger partial charge in [-0.25, -0.2) is 12.7 Å². The van der Waals surface area contributed by atoms with E-state index in [1.165, 1.54) is 15.3 Å². The number of benzene rings is 2. The summed E-state index contributed by atoms with van der Waals surface area (Å²) in [6, 6.07) is 13.3. The van der Waals surface area contributed by atoms with Gasteiger partial charge in [0, 0.05) is 36.1 Å². The summed E-state index contributed by atoms with van der Waals surface area (Å²) in [6.45, 7) is 2.28. The molecule has 2 aromatic carbocycles. The molecule has 0 spiro atoms. The molecule has 1 N–H and O–H groups in total. The Kier molecular flexibility index (Phi) is 4.28. The molecule has 1 aliphatic carbocycles. The Balaban J connectivity index is 1.64. The molecule has 1 aliphatic rings. The van der Waals surface area contributed by atoms with Crippen LogP contribution in [0.25, 0.3) is 10.9 Å². The first-order chi connectivity index (χ1) is 12.9. The van der Waals surface area contributed by atoms with E-state index in [1.807, 2.05) is 18.3 Å². The molecule has 1 fully saturated rings. The van der Waals surface area contributed by atoms with Crippen molar-refractivity contribution in [2.24, 2.45) is 0 Å². The number of fused-ring (bicyclic) bond motifs is 1. The molecule has 0 saturated heterocycles. The van der Waals surface area contributed by atoms with E-state index >= 15 is 0 Å². The van der Waals surface area contributed by atoms with Gasteiger partial charge in [-0.05, 0) is 55.2 Å². The van der Waals surface area contributed by atoms with Crippen molar-refractivity contribution in [3.05, 3.63) is 59.8 Å². The number of aromatic nitrogens is 1. The summed E-state index contributed by atoms with van der Waals surface area (Å²) in [6.07, 6.45) is 4.03. The number of hydrogen-bond acceptors (Lipinski definition) is 3. The van der Waals surface area contributed by atoms with Gasteiger partial charge in [-0.2, -0.15) is 0 Å². The Bertz CT molecular complexity index is 1100. The summed E-state index contributed by atoms with van der Waals surface area (Å²) in [4.78, 5) is 3.65. The first-order valence-electron chi connectivity index (χ1n) is 9.05. The van der Waals surface area contributed by atoms with Crippen LogP contribution in [0.1, 0.15) is 24.0 Å². The maximum absolute atomic E-state index is 13.2. The zero-order valence-corrected chi connectivity index (χ0v) is 16.6. The molecule has 0 aliphatic heterocycles. The molecule has 142 valence electrons. The number of ether oxygens (including phenoxy) is 1. The monoisotopic (exact) mass is 384 g/mol. The second-order valence-electron chi connectivity index (χ2n) is 7.42. The van der Waals surface area contributed by atoms with Crippen LogP contribution in [-0.4, -0.2) is 38.4 Å². The van der Waals surface area contributed by atoms with E-state index in [0.717, 1.165) is 18.4 Å². The van der Waals surface area contributed by atoms with Crippen LogP contribution in [0, 0.1) is 6.92 Å². The van der Waals surface area contributed by atoms with E-state index in [0.29, 0.717) is 22.8 Å². The van der Waals surface area contributed by atoms with Gasteiger partial charge in [0.05, 0.1) is 12.0 Å². The minimum atomic E-state index is -3.56. The van der Waals surface area contributed by atoms with Gasteiger partial charge in [0.25, 0.3) is 0 Å². The number of hydrogen-bond donors (Lipinski definition) is 1. The van der Waals surface area contributed by atoms with Crippen molar-refractivity contribution in [2.45, 2.75) is 30.1 Å². The van der Waals surface area contributed by atoms with E-state index in [2.05, 4.69) is 17.1 Å². The third kappa shape index (κ3) is 3.03. The largest absolute Gasteiger partial charge is 0.497 e. The zero-order valence-electron chi connectivity index (χ0n) is 15.8. The van der Waals surface area contributed by atoms with Crippen molar-refractivity contribution in [2.75, 3.05) is 20.7 Å². The number of H-pyrrole nitrogens is 1. The number of sulfonamides is 1. The quantitative estimate of drug-likeness (QED) is 0.702. The smallest absolute Gasteiger partial charge is 0.243 e. The number of nitrogens with one attached hydrogen (secondary N) is 1. The fourth-order valence-electron chi connectivity index (χ4n) is 3.89. The predicted octanol–water partition coefficient (Wildman–Crippen LogP) is 3.84. The van der Waals surface area contributed by atoms with Crippen LogP contribution in [0.2, 0.25) is 0 Å². The Labute approximate surface area is 160 Å². The summed E-state index contributed by atoms with van der Waals surface area (Å²) in [5.74, 6) is 0.659. The highest BCUT2D eigenvalue weighted by Gasteiger charge is 2.48. The van der Waals surface area contributed by atoms with E-state index in [4.69, 9.17) is 4.74 Å². The summed E-state index contributed by atoms with van der Waals surface area (Å²) >= 11 is 0. The molecule has 0 radical (unpaired) electrons. The Hall–Kier alpha value is -2.31. The van der Waals surface area contributed by atoms with Crippen LogP contribution in [0.15, 0.2) is 53.6 Å². The van der Waals surface area contributed by atoms with Crippen molar-refractivity contribution in [3.8, 4) is 5.75 Å². The normalized spacial score (nSPS) is 16.0. The third-order valence-electron chi connectivity index (χ3n) is 5.61. The average molecular weight is 385 g/mol. The molecule has 27 heavy (non-hydrogen) atoms. The number of rotatable bonds is 6. The van der Waals surface area contributed by atoms with Crippen LogP contribution < -0.4 is 4.74 Å². The highest BCUT2D eigenvalue weighted by molar-refractivity contribution is 7.89. The topological polar surface area (TPSA) is 62.4 Å². The van der Waals surface area contributed by atoms with Crippen molar-refractivity contribution in [1.29, 1.82) is 0 Å². The number of nitrogens with zero attached hydrogens (tertiary/aromatic N) is 1. The van der Waals surface area contributed by atoms with E-state index < -0.39 is 10.0 Å². The lowest BCUT2D eigenvalue weighted by Crippen LogP contribution is -2.34. The lowest BCUT2D eigenvalue weighted by Gasteiger charge is -2.24. The van der Waals surface area contributed by atoms with Crippen LogP contribution >= 0.6 is 0 Å². The molecule has 1 heterocycles. The van der Waals surface area contributed by atoms with Crippen molar-refractivity contribution >= 4 is 20.9 Å². The van der Waals surface area contributed by atoms with Gasteiger partial charge < -0.3 is 9.72 Å². The summed E-state index contributed by atoms with van der Waals surface area (Å²) in [5.41, 5.74) is 2.89. The maximum atomic E-state index is 13.2. The molecule has 0 unspecified atom stereocenters. The number of likely N-dealkylation sites (N-methyl/N-ethyl adjacent to an activating group) is 1. The molecular weight excluding hydrogens is 360 g/mol. The van der Waals surface area contributed by atoms with Crippen molar-refractivity contribution in [3.63, 3.8) is 0 Å². The zero-order chi connectivity index (χ0) is 19.2. The average Bonchev–Trinajstić information content (AvgIpc) is 3.29. The van der Waals surface area contributed by atoms with Crippen LogP contribution in [0.5, 0.6) is 5.75 Å². The van der Waals surface area contributed by atoms with E-state index in [1.54, 1.807) is 39.3 Å². The molecule has 0 atom stereocenters. The highest BCUT2D eigenvalue weighted by atomic mass is 32.2. The van der Waals surface area contributed by atoms with Crippen LogP contribution in [-0.2, 0) is 15.4 Å². The highest BCUT2D eigenvalue weighted by Crippen LogP contribution is 2.51. The molecule has 1 aromatic heterocycles. The third-order valence-corrected chi connectivity index (χ3v) is 7.57. The second kappa shape index (κ2) is 6.39. The Morgan fingerprint density at radius 1 is 1.19 bits per heavy atom. The van der Waals surface area contributed by atoms with Crippen molar-refractivity contribution in [1.82, 2.24) is 9.29 Å². The Morgan fingerprint density at radius 2 is 1.93 bits per heavy atom. The minimum absolute atomic E-state index is 0.109. The maximum Gasteiger partial charge on any atom is 0.243 e. The predicted molar refractivity (Wildman–Crippen MR) is 107 cm³/mol. The van der Waals surface area contributed by atoms with E-state index in [9.17, 15) is 8.42 Å². The van der Waals surface area contributed by atoms with Gasteiger partial charge in [0.2, 0.25) is 10.0 Å².